The Morgan fingerprint density at radius 1 is 0.425 bits per heavy atom. The van der Waals surface area contributed by atoms with Crippen molar-refractivity contribution in [3.63, 3.8) is 0 Å². The smallest absolute Gasteiger partial charge is 0.208 e. The fourth-order valence-corrected chi connectivity index (χ4v) is 7.04. The topological polar surface area (TPSA) is 39.1 Å². The van der Waals surface area contributed by atoms with Crippen LogP contribution in [-0.2, 0) is 9.84 Å². The van der Waals surface area contributed by atoms with Gasteiger partial charge in [-0.15, -0.1) is 0 Å². The molecule has 0 spiro atoms. The molecule has 1 aromatic heterocycles. The highest BCUT2D eigenvalue weighted by Gasteiger charge is 2.25. The summed E-state index contributed by atoms with van der Waals surface area (Å²) in [6, 6.07) is 49.0. The van der Waals surface area contributed by atoms with Crippen LogP contribution < -0.4 is 0 Å². The van der Waals surface area contributed by atoms with Gasteiger partial charge in [0.25, 0.3) is 0 Å². The molecule has 7 aromatic rings. The quantitative estimate of drug-likeness (QED) is 0.221. The van der Waals surface area contributed by atoms with E-state index in [2.05, 4.69) is 22.8 Å². The summed E-state index contributed by atoms with van der Waals surface area (Å²) in [5.41, 5.74) is 6.21. The third kappa shape index (κ3) is 4.01. The summed E-state index contributed by atoms with van der Waals surface area (Å²) in [6.45, 7) is 0. The highest BCUT2D eigenvalue weighted by Crippen LogP contribution is 2.37. The number of nitrogens with zero attached hydrogens (tertiary/aromatic N) is 1. The Bertz CT molecular complexity index is 2000. The van der Waals surface area contributed by atoms with Crippen LogP contribution in [0.25, 0.3) is 49.7 Å². The molecule has 0 aliphatic carbocycles. The molecule has 0 bridgehead atoms. The first-order chi connectivity index (χ1) is 19.6. The van der Waals surface area contributed by atoms with E-state index in [9.17, 15) is 8.42 Å². The number of hydrogen-bond donors (Lipinski definition) is 0. The summed E-state index contributed by atoms with van der Waals surface area (Å²) in [5.74, 6) is 0. The predicted octanol–water partition coefficient (Wildman–Crippen LogP) is 8.95. The van der Waals surface area contributed by atoms with Gasteiger partial charge in [0, 0.05) is 10.8 Å². The van der Waals surface area contributed by atoms with E-state index in [-0.39, 0.29) is 9.79 Å². The van der Waals surface area contributed by atoms with Crippen LogP contribution in [0, 0.1) is 0 Å². The van der Waals surface area contributed by atoms with Gasteiger partial charge in [-0.25, -0.2) is 8.42 Å². The molecule has 0 saturated carbocycles. The first kappa shape index (κ1) is 24.1. The summed E-state index contributed by atoms with van der Waals surface area (Å²) in [4.78, 5) is 0.534. The minimum Gasteiger partial charge on any atom is -0.308 e. The average molecular weight is 536 g/mol. The molecule has 3 nitrogen and oxygen atoms in total. The molecule has 40 heavy (non-hydrogen) atoms. The summed E-state index contributed by atoms with van der Waals surface area (Å²) in [6.07, 6.45) is 0. The second-order valence-electron chi connectivity index (χ2n) is 9.82. The van der Waals surface area contributed by atoms with Crippen LogP contribution in [0.5, 0.6) is 0 Å². The number of fused-ring (bicyclic) bond motifs is 3. The standard InChI is InChI=1S/C36H25NO2S/c38-40(39,30-24-28(26-13-3-1-4-14-26)23-29(25-30)27-15-5-2-6-16-27)36-22-12-11-21-35(36)37-33-19-9-7-17-31(33)32-18-8-10-20-34(32)37/h1-25H. The molecule has 0 aliphatic rings. The van der Waals surface area contributed by atoms with Crippen LogP contribution in [-0.4, -0.2) is 13.0 Å². The molecule has 4 heteroatoms. The minimum atomic E-state index is -3.91. The number of sulfone groups is 1. The van der Waals surface area contributed by atoms with Crippen molar-refractivity contribution in [1.82, 2.24) is 4.57 Å². The van der Waals surface area contributed by atoms with E-state index in [0.717, 1.165) is 44.1 Å². The van der Waals surface area contributed by atoms with E-state index in [1.165, 1.54) is 0 Å². The Hall–Kier alpha value is -4.93. The van der Waals surface area contributed by atoms with Gasteiger partial charge in [-0.1, -0.05) is 109 Å². The van der Waals surface area contributed by atoms with Gasteiger partial charge in [-0.2, -0.15) is 0 Å². The lowest BCUT2D eigenvalue weighted by molar-refractivity contribution is 0.596. The van der Waals surface area contributed by atoms with E-state index >= 15 is 0 Å². The molecule has 0 unspecified atom stereocenters. The summed E-state index contributed by atoms with van der Waals surface area (Å²) in [7, 11) is -3.91. The molecule has 0 atom stereocenters. The number of rotatable bonds is 5. The number of aromatic nitrogens is 1. The van der Waals surface area contributed by atoms with Crippen molar-refractivity contribution in [3.05, 3.63) is 152 Å². The summed E-state index contributed by atoms with van der Waals surface area (Å²) >= 11 is 0. The van der Waals surface area contributed by atoms with Crippen molar-refractivity contribution < 1.29 is 8.42 Å². The third-order valence-electron chi connectivity index (χ3n) is 7.41. The molecule has 0 N–H and O–H groups in total. The Balaban J connectivity index is 1.49. The maximum Gasteiger partial charge on any atom is 0.208 e. The molecule has 192 valence electrons. The largest absolute Gasteiger partial charge is 0.308 e. The molecule has 7 rings (SSSR count). The second-order valence-corrected chi connectivity index (χ2v) is 11.7. The Morgan fingerprint density at radius 2 is 0.875 bits per heavy atom. The zero-order valence-electron chi connectivity index (χ0n) is 21.6. The molecular formula is C36H25NO2S. The van der Waals surface area contributed by atoms with Crippen molar-refractivity contribution in [2.75, 3.05) is 0 Å². The normalized spacial score (nSPS) is 11.7. The Morgan fingerprint density at radius 3 is 1.43 bits per heavy atom. The fraction of sp³-hybridized carbons (Fsp3) is 0. The molecule has 0 saturated heterocycles. The van der Waals surface area contributed by atoms with Crippen LogP contribution in [0.15, 0.2) is 161 Å². The van der Waals surface area contributed by atoms with Crippen LogP contribution in [0.1, 0.15) is 0 Å². The zero-order chi connectivity index (χ0) is 27.1. The van der Waals surface area contributed by atoms with Crippen LogP contribution in [0.2, 0.25) is 0 Å². The minimum absolute atomic E-state index is 0.265. The predicted molar refractivity (Wildman–Crippen MR) is 164 cm³/mol. The van der Waals surface area contributed by atoms with Crippen molar-refractivity contribution >= 4 is 31.6 Å². The van der Waals surface area contributed by atoms with Crippen molar-refractivity contribution in [2.45, 2.75) is 9.79 Å². The van der Waals surface area contributed by atoms with Gasteiger partial charge in [0.2, 0.25) is 9.84 Å². The van der Waals surface area contributed by atoms with Gasteiger partial charge in [0.15, 0.2) is 0 Å². The lowest BCUT2D eigenvalue weighted by Gasteiger charge is -2.16. The Labute approximate surface area is 233 Å². The fourth-order valence-electron chi connectivity index (χ4n) is 5.53. The van der Waals surface area contributed by atoms with Gasteiger partial charge in [-0.05, 0) is 64.7 Å². The molecular weight excluding hydrogens is 510 g/mol. The second kappa shape index (κ2) is 9.67. The van der Waals surface area contributed by atoms with Crippen molar-refractivity contribution in [1.29, 1.82) is 0 Å². The lowest BCUT2D eigenvalue weighted by Crippen LogP contribution is -2.08. The molecule has 0 aliphatic heterocycles. The SMILES string of the molecule is O=S(=O)(c1cc(-c2ccccc2)cc(-c2ccccc2)c1)c1ccccc1-n1c2ccccc2c2ccccc21. The van der Waals surface area contributed by atoms with E-state index in [1.54, 1.807) is 24.3 Å². The average Bonchev–Trinajstić information content (AvgIpc) is 3.36. The molecule has 0 fully saturated rings. The van der Waals surface area contributed by atoms with Gasteiger partial charge < -0.3 is 4.57 Å². The first-order valence-corrected chi connectivity index (χ1v) is 14.7. The number of benzene rings is 6. The van der Waals surface area contributed by atoms with Gasteiger partial charge >= 0.3 is 0 Å². The maximum absolute atomic E-state index is 14.6. The summed E-state index contributed by atoms with van der Waals surface area (Å²) < 4.78 is 31.2. The number of hydrogen-bond acceptors (Lipinski definition) is 2. The van der Waals surface area contributed by atoms with Crippen LogP contribution in [0.3, 0.4) is 0 Å². The molecule has 1 heterocycles. The summed E-state index contributed by atoms with van der Waals surface area (Å²) in [5, 5.41) is 2.17. The lowest BCUT2D eigenvalue weighted by atomic mass is 9.99. The van der Waals surface area contributed by atoms with Crippen molar-refractivity contribution in [3.8, 4) is 27.9 Å². The van der Waals surface area contributed by atoms with E-state index in [0.29, 0.717) is 5.69 Å². The van der Waals surface area contributed by atoms with Crippen molar-refractivity contribution in [2.24, 2.45) is 0 Å². The van der Waals surface area contributed by atoms with E-state index < -0.39 is 9.84 Å². The third-order valence-corrected chi connectivity index (χ3v) is 9.19. The molecule has 6 aromatic carbocycles. The van der Waals surface area contributed by atoms with Gasteiger partial charge in [0.1, 0.15) is 0 Å². The Kier molecular flexibility index (Phi) is 5.84. The zero-order valence-corrected chi connectivity index (χ0v) is 22.4. The highest BCUT2D eigenvalue weighted by atomic mass is 32.2. The van der Waals surface area contributed by atoms with Gasteiger partial charge in [0.05, 0.1) is 26.5 Å². The van der Waals surface area contributed by atoms with E-state index in [1.807, 2.05) is 109 Å². The van der Waals surface area contributed by atoms with Crippen LogP contribution >= 0.6 is 0 Å². The molecule has 0 radical (unpaired) electrons. The first-order valence-electron chi connectivity index (χ1n) is 13.2. The number of para-hydroxylation sites is 3. The maximum atomic E-state index is 14.6. The highest BCUT2D eigenvalue weighted by molar-refractivity contribution is 7.91. The van der Waals surface area contributed by atoms with E-state index in [4.69, 9.17) is 0 Å². The van der Waals surface area contributed by atoms with Gasteiger partial charge in [-0.3, -0.25) is 0 Å². The molecule has 0 amide bonds. The monoisotopic (exact) mass is 535 g/mol. The van der Waals surface area contributed by atoms with Crippen LogP contribution in [0.4, 0.5) is 0 Å².